The molecule has 0 aliphatic carbocycles. The van der Waals surface area contributed by atoms with Gasteiger partial charge in [0.1, 0.15) is 23.1 Å². The molecule has 2 heterocycles. The Morgan fingerprint density at radius 1 is 1.18 bits per heavy atom. The molecule has 0 unspecified atom stereocenters. The van der Waals surface area contributed by atoms with Gasteiger partial charge in [-0.2, -0.15) is 5.26 Å². The molecule has 170 valence electrons. The van der Waals surface area contributed by atoms with Gasteiger partial charge in [-0.25, -0.2) is 4.98 Å². The summed E-state index contributed by atoms with van der Waals surface area (Å²) in [5.41, 5.74) is 2.65. The van der Waals surface area contributed by atoms with Gasteiger partial charge in [-0.1, -0.05) is 0 Å². The molecule has 8 heteroatoms. The van der Waals surface area contributed by atoms with E-state index in [4.69, 9.17) is 9.47 Å². The van der Waals surface area contributed by atoms with Crippen molar-refractivity contribution in [2.24, 2.45) is 0 Å². The van der Waals surface area contributed by atoms with E-state index in [0.717, 1.165) is 16.9 Å². The molecule has 3 aromatic rings. The molecule has 0 atom stereocenters. The number of aromatic nitrogens is 2. The van der Waals surface area contributed by atoms with Crippen LogP contribution in [0.15, 0.2) is 47.4 Å². The number of carbonyl (C=O) groups is 1. The Bertz CT molecular complexity index is 1230. The van der Waals surface area contributed by atoms with Crippen LogP contribution in [-0.4, -0.2) is 22.5 Å². The van der Waals surface area contributed by atoms with E-state index in [1.165, 1.54) is 0 Å². The standard InChI is InChI=1S/C25H26N4O4/c1-4-32-19-5-7-20(8-6-19)33-24-13-18(11-12-27-24)15-28-23(30)10-9-21-16(2)22(14-26)25(31)29-17(21)3/h5-8,11-13H,4,9-10,15H2,1-3H3,(H,28,30)(H,29,31). The average molecular weight is 447 g/mol. The largest absolute Gasteiger partial charge is 0.494 e. The van der Waals surface area contributed by atoms with Crippen molar-refractivity contribution in [1.82, 2.24) is 15.3 Å². The Labute approximate surface area is 192 Å². The third-order valence-corrected chi connectivity index (χ3v) is 5.17. The summed E-state index contributed by atoms with van der Waals surface area (Å²) < 4.78 is 11.2. The van der Waals surface area contributed by atoms with Gasteiger partial charge in [0.25, 0.3) is 5.56 Å². The number of aryl methyl sites for hydroxylation is 1. The van der Waals surface area contributed by atoms with E-state index in [9.17, 15) is 14.9 Å². The molecule has 0 bridgehead atoms. The maximum Gasteiger partial charge on any atom is 0.266 e. The summed E-state index contributed by atoms with van der Waals surface area (Å²) in [6.45, 7) is 6.35. The molecule has 0 saturated carbocycles. The van der Waals surface area contributed by atoms with E-state index < -0.39 is 5.56 Å². The highest BCUT2D eigenvalue weighted by Gasteiger charge is 2.13. The van der Waals surface area contributed by atoms with Crippen molar-refractivity contribution < 1.29 is 14.3 Å². The zero-order valence-electron chi connectivity index (χ0n) is 18.9. The molecule has 1 amide bonds. The Morgan fingerprint density at radius 2 is 1.91 bits per heavy atom. The number of hydrogen-bond acceptors (Lipinski definition) is 6. The molecule has 3 rings (SSSR count). The molecule has 1 aromatic carbocycles. The van der Waals surface area contributed by atoms with Crippen molar-refractivity contribution in [2.45, 2.75) is 40.2 Å². The van der Waals surface area contributed by atoms with Crippen molar-refractivity contribution in [3.05, 3.63) is 80.9 Å². The van der Waals surface area contributed by atoms with Gasteiger partial charge in [-0.3, -0.25) is 9.59 Å². The highest BCUT2D eigenvalue weighted by molar-refractivity contribution is 5.76. The van der Waals surface area contributed by atoms with Crippen LogP contribution in [0.5, 0.6) is 17.4 Å². The second kappa shape index (κ2) is 11.0. The van der Waals surface area contributed by atoms with Crippen LogP contribution in [0.25, 0.3) is 0 Å². The number of aromatic amines is 1. The summed E-state index contributed by atoms with van der Waals surface area (Å²) in [6.07, 6.45) is 2.29. The van der Waals surface area contributed by atoms with Gasteiger partial charge in [-0.15, -0.1) is 0 Å². The molecule has 2 aromatic heterocycles. The van der Waals surface area contributed by atoms with Gasteiger partial charge in [0.05, 0.1) is 6.61 Å². The Kier molecular flexibility index (Phi) is 7.82. The molecule has 0 saturated heterocycles. The fourth-order valence-electron chi connectivity index (χ4n) is 3.46. The van der Waals surface area contributed by atoms with Gasteiger partial charge < -0.3 is 19.8 Å². The van der Waals surface area contributed by atoms with Gasteiger partial charge >= 0.3 is 0 Å². The number of hydrogen-bond donors (Lipinski definition) is 2. The van der Waals surface area contributed by atoms with E-state index in [-0.39, 0.29) is 17.9 Å². The number of carbonyl (C=O) groups excluding carboxylic acids is 1. The summed E-state index contributed by atoms with van der Waals surface area (Å²) in [7, 11) is 0. The first kappa shape index (κ1) is 23.5. The van der Waals surface area contributed by atoms with Crippen LogP contribution >= 0.6 is 0 Å². The monoisotopic (exact) mass is 446 g/mol. The molecular formula is C25H26N4O4. The zero-order valence-corrected chi connectivity index (χ0v) is 18.9. The number of nitriles is 1. The van der Waals surface area contributed by atoms with Crippen LogP contribution in [0.1, 0.15) is 41.3 Å². The predicted molar refractivity (Wildman–Crippen MR) is 123 cm³/mol. The number of pyridine rings is 2. The molecule has 0 spiro atoms. The fourth-order valence-corrected chi connectivity index (χ4v) is 3.46. The molecule has 33 heavy (non-hydrogen) atoms. The minimum Gasteiger partial charge on any atom is -0.494 e. The summed E-state index contributed by atoms with van der Waals surface area (Å²) in [4.78, 5) is 31.1. The van der Waals surface area contributed by atoms with E-state index in [0.29, 0.717) is 42.5 Å². The molecular weight excluding hydrogens is 420 g/mol. The quantitative estimate of drug-likeness (QED) is 0.518. The average Bonchev–Trinajstić information content (AvgIpc) is 2.79. The highest BCUT2D eigenvalue weighted by Crippen LogP contribution is 2.23. The van der Waals surface area contributed by atoms with Crippen molar-refractivity contribution in [1.29, 1.82) is 5.26 Å². The van der Waals surface area contributed by atoms with E-state index >= 15 is 0 Å². The van der Waals surface area contributed by atoms with Crippen LogP contribution in [0, 0.1) is 25.2 Å². The zero-order chi connectivity index (χ0) is 23.8. The maximum absolute atomic E-state index is 12.4. The van der Waals surface area contributed by atoms with Gasteiger partial charge in [0.2, 0.25) is 11.8 Å². The lowest BCUT2D eigenvalue weighted by molar-refractivity contribution is -0.121. The van der Waals surface area contributed by atoms with E-state index in [2.05, 4.69) is 15.3 Å². The Morgan fingerprint density at radius 3 is 2.61 bits per heavy atom. The Hall–Kier alpha value is -4.12. The van der Waals surface area contributed by atoms with Gasteiger partial charge in [0, 0.05) is 30.9 Å². The summed E-state index contributed by atoms with van der Waals surface area (Å²) in [5.74, 6) is 1.69. The third kappa shape index (κ3) is 6.20. The molecule has 2 N–H and O–H groups in total. The second-order valence-electron chi connectivity index (χ2n) is 7.46. The minimum absolute atomic E-state index is 0.0906. The number of rotatable bonds is 9. The lowest BCUT2D eigenvalue weighted by atomic mass is 9.99. The first-order chi connectivity index (χ1) is 15.9. The predicted octanol–water partition coefficient (Wildman–Crippen LogP) is 3.70. The second-order valence-corrected chi connectivity index (χ2v) is 7.46. The van der Waals surface area contributed by atoms with Crippen molar-refractivity contribution in [3.63, 3.8) is 0 Å². The van der Waals surface area contributed by atoms with Crippen LogP contribution in [-0.2, 0) is 17.8 Å². The third-order valence-electron chi connectivity index (χ3n) is 5.17. The first-order valence-corrected chi connectivity index (χ1v) is 10.7. The fraction of sp³-hybridized carbons (Fsp3) is 0.280. The van der Waals surface area contributed by atoms with Gasteiger partial charge in [0.15, 0.2) is 0 Å². The summed E-state index contributed by atoms with van der Waals surface area (Å²) >= 11 is 0. The number of nitrogens with one attached hydrogen (secondary N) is 2. The minimum atomic E-state index is -0.401. The first-order valence-electron chi connectivity index (χ1n) is 10.7. The van der Waals surface area contributed by atoms with Crippen LogP contribution in [0.4, 0.5) is 0 Å². The maximum atomic E-state index is 12.4. The van der Waals surface area contributed by atoms with Crippen molar-refractivity contribution in [3.8, 4) is 23.4 Å². The van der Waals surface area contributed by atoms with Crippen LogP contribution < -0.4 is 20.3 Å². The highest BCUT2D eigenvalue weighted by atomic mass is 16.5. The number of nitrogens with zero attached hydrogens (tertiary/aromatic N) is 2. The molecule has 0 aliphatic heterocycles. The Balaban J connectivity index is 1.56. The van der Waals surface area contributed by atoms with Crippen molar-refractivity contribution in [2.75, 3.05) is 6.61 Å². The lowest BCUT2D eigenvalue weighted by Gasteiger charge is -2.11. The number of amides is 1. The molecule has 0 aliphatic rings. The summed E-state index contributed by atoms with van der Waals surface area (Å²) in [5, 5.41) is 12.1. The van der Waals surface area contributed by atoms with Crippen LogP contribution in [0.3, 0.4) is 0 Å². The summed E-state index contributed by atoms with van der Waals surface area (Å²) in [6, 6.07) is 12.8. The SMILES string of the molecule is CCOc1ccc(Oc2cc(CNC(=O)CCc3c(C)[nH]c(=O)c(C#N)c3C)ccn2)cc1. The molecule has 8 nitrogen and oxygen atoms in total. The van der Waals surface area contributed by atoms with Crippen LogP contribution in [0.2, 0.25) is 0 Å². The number of benzene rings is 1. The van der Waals surface area contributed by atoms with Gasteiger partial charge in [-0.05, 0) is 74.2 Å². The van der Waals surface area contributed by atoms with Crippen molar-refractivity contribution >= 4 is 5.91 Å². The number of H-pyrrole nitrogens is 1. The van der Waals surface area contributed by atoms with E-state index in [1.54, 1.807) is 44.3 Å². The van der Waals surface area contributed by atoms with E-state index in [1.807, 2.05) is 25.1 Å². The topological polar surface area (TPSA) is 117 Å². The molecule has 0 radical (unpaired) electrons. The molecule has 0 fully saturated rings. The normalized spacial score (nSPS) is 10.4. The smallest absolute Gasteiger partial charge is 0.266 e. The number of ether oxygens (including phenoxy) is 2. The lowest BCUT2D eigenvalue weighted by Crippen LogP contribution is -2.24.